The summed E-state index contributed by atoms with van der Waals surface area (Å²) in [6.07, 6.45) is 17.3. The molecule has 0 aromatic heterocycles. The molecule has 5 nitrogen and oxygen atoms in total. The van der Waals surface area contributed by atoms with Crippen LogP contribution in [0.5, 0.6) is 0 Å². The van der Waals surface area contributed by atoms with Crippen LogP contribution < -0.4 is 0 Å². The van der Waals surface area contributed by atoms with E-state index in [0.717, 1.165) is 18.8 Å². The number of carbonyl (C=O) groups is 1. The molecule has 0 atom stereocenters. The second kappa shape index (κ2) is 43.0. The Labute approximate surface area is 202 Å². The van der Waals surface area contributed by atoms with Gasteiger partial charge in [-0.15, -0.1) is 0 Å². The molecule has 30 heavy (non-hydrogen) atoms. The van der Waals surface area contributed by atoms with Gasteiger partial charge in [-0.3, -0.25) is 4.79 Å². The molecular weight excluding hydrogens is 416 g/mol. The van der Waals surface area contributed by atoms with Crippen LogP contribution in [0.2, 0.25) is 0 Å². The van der Waals surface area contributed by atoms with Crippen molar-refractivity contribution in [2.24, 2.45) is 5.92 Å². The molecule has 0 saturated heterocycles. The predicted molar refractivity (Wildman–Crippen MR) is 125 cm³/mol. The molecule has 184 valence electrons. The van der Waals surface area contributed by atoms with Crippen LogP contribution in [0.1, 0.15) is 125 Å². The maximum Gasteiger partial charge on any atom is 0.303 e. The first-order chi connectivity index (χ1) is 13.9. The smallest absolute Gasteiger partial charge is 0.303 e. The molecule has 0 amide bonds. The van der Waals surface area contributed by atoms with Crippen molar-refractivity contribution in [3.8, 4) is 0 Å². The first kappa shape index (κ1) is 40.4. The van der Waals surface area contributed by atoms with E-state index in [1.54, 1.807) is 20.8 Å². The summed E-state index contributed by atoms with van der Waals surface area (Å²) in [7, 11) is 0. The van der Waals surface area contributed by atoms with Crippen molar-refractivity contribution in [2.75, 3.05) is 19.8 Å². The van der Waals surface area contributed by atoms with Crippen LogP contribution >= 0.6 is 0 Å². The first-order valence-electron chi connectivity index (χ1n) is 11.9. The molecule has 0 radical (unpaired) electrons. The van der Waals surface area contributed by atoms with Crippen molar-refractivity contribution >= 4 is 5.97 Å². The van der Waals surface area contributed by atoms with E-state index in [1.807, 2.05) is 0 Å². The Hall–Kier alpha value is 0.0643. The number of hydrogen-bond donors (Lipinski definition) is 4. The zero-order valence-electron chi connectivity index (χ0n) is 20.8. The zero-order chi connectivity index (χ0) is 23.2. The second-order valence-corrected chi connectivity index (χ2v) is 7.52. The van der Waals surface area contributed by atoms with E-state index in [4.69, 9.17) is 20.4 Å². The Morgan fingerprint density at radius 3 is 1.07 bits per heavy atom. The summed E-state index contributed by atoms with van der Waals surface area (Å²) < 4.78 is 0. The third kappa shape index (κ3) is 70.6. The molecule has 0 aliphatic heterocycles. The van der Waals surface area contributed by atoms with E-state index < -0.39 is 5.97 Å². The van der Waals surface area contributed by atoms with Crippen molar-refractivity contribution in [2.45, 2.75) is 125 Å². The number of hydrogen-bond acceptors (Lipinski definition) is 4. The van der Waals surface area contributed by atoms with E-state index in [0.29, 0.717) is 6.42 Å². The van der Waals surface area contributed by atoms with Gasteiger partial charge < -0.3 is 20.4 Å². The SMILES string of the molecule is CC(C)CCCCCCCCCCCCCCC(=O)O.CCO.CCO.CCO.[Ti]. The van der Waals surface area contributed by atoms with E-state index in [1.165, 1.54) is 70.6 Å². The molecule has 0 fully saturated rings. The molecule has 6 heteroatoms. The predicted octanol–water partition coefficient (Wildman–Crippen LogP) is 6.18. The van der Waals surface area contributed by atoms with E-state index in [-0.39, 0.29) is 41.5 Å². The van der Waals surface area contributed by atoms with Crippen LogP contribution in [0.3, 0.4) is 0 Å². The number of carboxylic acid groups (broad SMARTS) is 1. The number of aliphatic carboxylic acids is 1. The van der Waals surface area contributed by atoms with Gasteiger partial charge in [0.25, 0.3) is 0 Å². The van der Waals surface area contributed by atoms with Crippen molar-refractivity contribution in [3.63, 3.8) is 0 Å². The minimum Gasteiger partial charge on any atom is -0.481 e. The van der Waals surface area contributed by atoms with Crippen molar-refractivity contribution < 1.29 is 46.9 Å². The Balaban J connectivity index is -0.000000177. The van der Waals surface area contributed by atoms with Gasteiger partial charge in [0.05, 0.1) is 0 Å². The molecular formula is C24H54O5Ti. The van der Waals surface area contributed by atoms with Crippen molar-refractivity contribution in [1.82, 2.24) is 0 Å². The summed E-state index contributed by atoms with van der Waals surface area (Å²) in [5, 5.41) is 31.2. The van der Waals surface area contributed by atoms with Crippen LogP contribution in [0.25, 0.3) is 0 Å². The van der Waals surface area contributed by atoms with Crippen molar-refractivity contribution in [3.05, 3.63) is 0 Å². The molecule has 0 heterocycles. The summed E-state index contributed by atoms with van der Waals surface area (Å²) >= 11 is 0. The van der Waals surface area contributed by atoms with Gasteiger partial charge in [-0.1, -0.05) is 90.9 Å². The van der Waals surface area contributed by atoms with Gasteiger partial charge in [0, 0.05) is 48.0 Å². The minimum atomic E-state index is -0.654. The third-order valence-electron chi connectivity index (χ3n) is 3.92. The monoisotopic (exact) mass is 470 g/mol. The Bertz CT molecular complexity index is 259. The van der Waals surface area contributed by atoms with E-state index in [9.17, 15) is 4.79 Å². The third-order valence-corrected chi connectivity index (χ3v) is 3.92. The maximum absolute atomic E-state index is 10.3. The fourth-order valence-corrected chi connectivity index (χ4v) is 2.60. The largest absolute Gasteiger partial charge is 0.481 e. The molecule has 0 spiro atoms. The molecule has 0 bridgehead atoms. The summed E-state index contributed by atoms with van der Waals surface area (Å²) in [5.74, 6) is 0.212. The van der Waals surface area contributed by atoms with Crippen LogP contribution in [-0.4, -0.2) is 46.2 Å². The van der Waals surface area contributed by atoms with Crippen LogP contribution in [0.4, 0.5) is 0 Å². The number of aliphatic hydroxyl groups is 3. The molecule has 0 aromatic rings. The summed E-state index contributed by atoms with van der Waals surface area (Å²) in [6, 6.07) is 0. The van der Waals surface area contributed by atoms with Gasteiger partial charge in [0.2, 0.25) is 0 Å². The average Bonchev–Trinajstić information content (AvgIpc) is 2.63. The number of aliphatic hydroxyl groups excluding tert-OH is 3. The van der Waals surface area contributed by atoms with Gasteiger partial charge in [0.15, 0.2) is 0 Å². The first-order valence-corrected chi connectivity index (χ1v) is 11.9. The van der Waals surface area contributed by atoms with Gasteiger partial charge in [-0.25, -0.2) is 0 Å². The van der Waals surface area contributed by atoms with E-state index >= 15 is 0 Å². The summed E-state index contributed by atoms with van der Waals surface area (Å²) in [4.78, 5) is 10.3. The summed E-state index contributed by atoms with van der Waals surface area (Å²) in [5.41, 5.74) is 0. The van der Waals surface area contributed by atoms with Gasteiger partial charge in [0.1, 0.15) is 0 Å². The normalized spacial score (nSPS) is 9.23. The Kier molecular flexibility index (Phi) is 58.0. The Morgan fingerprint density at radius 1 is 0.600 bits per heavy atom. The fourth-order valence-electron chi connectivity index (χ4n) is 2.60. The molecule has 0 aliphatic rings. The van der Waals surface area contributed by atoms with Crippen LogP contribution in [0.15, 0.2) is 0 Å². The maximum atomic E-state index is 10.3. The van der Waals surface area contributed by atoms with Gasteiger partial charge in [-0.2, -0.15) is 0 Å². The molecule has 0 rings (SSSR count). The molecule has 0 unspecified atom stereocenters. The molecule has 0 aromatic carbocycles. The molecule has 0 aliphatic carbocycles. The topological polar surface area (TPSA) is 98.0 Å². The summed E-state index contributed by atoms with van der Waals surface area (Å²) in [6.45, 7) is 10.4. The fraction of sp³-hybridized carbons (Fsp3) is 0.958. The standard InChI is InChI=1S/C18H36O2.3C2H6O.Ti/c1-17(2)15-13-11-9-7-5-3-4-6-8-10-12-14-16-18(19)20;3*1-2-3;/h17H,3-16H2,1-2H3,(H,19,20);3*3H,2H2,1H3;. The van der Waals surface area contributed by atoms with Gasteiger partial charge in [-0.05, 0) is 33.1 Å². The molecule has 4 N–H and O–H groups in total. The minimum absolute atomic E-state index is 0. The zero-order valence-corrected chi connectivity index (χ0v) is 22.4. The van der Waals surface area contributed by atoms with E-state index in [2.05, 4.69) is 13.8 Å². The number of unbranched alkanes of at least 4 members (excludes halogenated alkanes) is 11. The quantitative estimate of drug-likeness (QED) is 0.169. The van der Waals surface area contributed by atoms with Crippen LogP contribution in [0, 0.1) is 5.92 Å². The second-order valence-electron chi connectivity index (χ2n) is 7.52. The van der Waals surface area contributed by atoms with Crippen LogP contribution in [-0.2, 0) is 26.5 Å². The Morgan fingerprint density at radius 2 is 0.833 bits per heavy atom. The number of rotatable bonds is 15. The van der Waals surface area contributed by atoms with Gasteiger partial charge >= 0.3 is 5.97 Å². The number of carboxylic acids is 1. The van der Waals surface area contributed by atoms with Crippen molar-refractivity contribution in [1.29, 1.82) is 0 Å². The average molecular weight is 471 g/mol. The molecule has 0 saturated carbocycles.